The van der Waals surface area contributed by atoms with Crippen LogP contribution in [0.3, 0.4) is 0 Å². The first-order valence-corrected chi connectivity index (χ1v) is 12.3. The lowest BCUT2D eigenvalue weighted by Crippen LogP contribution is -2.55. The van der Waals surface area contributed by atoms with Gasteiger partial charge in [-0.15, -0.1) is 0 Å². The van der Waals surface area contributed by atoms with E-state index in [1.807, 2.05) is 23.1 Å². The zero-order chi connectivity index (χ0) is 27.0. The molecule has 6 nitrogen and oxygen atoms in total. The first-order valence-electron chi connectivity index (χ1n) is 11.9. The van der Waals surface area contributed by atoms with Crippen molar-refractivity contribution in [1.82, 2.24) is 4.90 Å². The summed E-state index contributed by atoms with van der Waals surface area (Å²) in [6, 6.07) is 15.3. The smallest absolute Gasteiger partial charge is 0.416 e. The van der Waals surface area contributed by atoms with Gasteiger partial charge in [-0.05, 0) is 42.5 Å². The lowest BCUT2D eigenvalue weighted by molar-refractivity contribution is -0.138. The maximum absolute atomic E-state index is 14.9. The Hall–Kier alpha value is -3.79. The fourth-order valence-corrected chi connectivity index (χ4v) is 5.09. The van der Waals surface area contributed by atoms with Crippen molar-refractivity contribution in [1.29, 1.82) is 0 Å². The van der Waals surface area contributed by atoms with Gasteiger partial charge in [0.25, 0.3) is 0 Å². The molecule has 2 aliphatic heterocycles. The third-order valence-corrected chi connectivity index (χ3v) is 6.91. The molecule has 0 aliphatic carbocycles. The summed E-state index contributed by atoms with van der Waals surface area (Å²) in [6.07, 6.45) is -5.06. The SMILES string of the molecule is O=C(O)CC1c2cccc(F)c2N=C(N2CCN(c3cccc(Cl)c3)CC2)N1c1cccc(C(F)(F)F)c1. The van der Waals surface area contributed by atoms with Crippen molar-refractivity contribution in [3.05, 3.63) is 88.7 Å². The largest absolute Gasteiger partial charge is 0.481 e. The van der Waals surface area contributed by atoms with Crippen LogP contribution in [-0.4, -0.2) is 48.1 Å². The Balaban J connectivity index is 1.57. The van der Waals surface area contributed by atoms with E-state index in [1.165, 1.54) is 29.2 Å². The number of hydrogen-bond acceptors (Lipinski definition) is 5. The van der Waals surface area contributed by atoms with Crippen LogP contribution in [0.15, 0.2) is 71.7 Å². The molecule has 1 unspecified atom stereocenters. The van der Waals surface area contributed by atoms with E-state index >= 15 is 0 Å². The summed E-state index contributed by atoms with van der Waals surface area (Å²) in [7, 11) is 0. The molecule has 11 heteroatoms. The van der Waals surface area contributed by atoms with Gasteiger partial charge in [-0.2, -0.15) is 13.2 Å². The molecular formula is C27H23ClF4N4O2. The molecule has 0 radical (unpaired) electrons. The third kappa shape index (κ3) is 5.13. The topological polar surface area (TPSA) is 59.4 Å². The van der Waals surface area contributed by atoms with E-state index in [0.29, 0.717) is 36.8 Å². The Morgan fingerprint density at radius 1 is 0.947 bits per heavy atom. The van der Waals surface area contributed by atoms with Gasteiger partial charge in [0, 0.05) is 48.1 Å². The normalized spacial score (nSPS) is 17.8. The number of rotatable bonds is 4. The summed E-state index contributed by atoms with van der Waals surface area (Å²) in [4.78, 5) is 21.9. The molecule has 1 fully saturated rings. The van der Waals surface area contributed by atoms with Crippen LogP contribution < -0.4 is 9.80 Å². The number of carboxylic acids is 1. The van der Waals surface area contributed by atoms with E-state index in [9.17, 15) is 27.5 Å². The summed E-state index contributed by atoms with van der Waals surface area (Å²) in [5.74, 6) is -1.59. The van der Waals surface area contributed by atoms with Gasteiger partial charge in [-0.25, -0.2) is 9.38 Å². The number of benzene rings is 3. The van der Waals surface area contributed by atoms with Gasteiger partial charge in [0.1, 0.15) is 11.5 Å². The summed E-state index contributed by atoms with van der Waals surface area (Å²) in [5, 5.41) is 10.3. The average Bonchev–Trinajstić information content (AvgIpc) is 2.88. The lowest BCUT2D eigenvalue weighted by Gasteiger charge is -2.45. The van der Waals surface area contributed by atoms with Crippen LogP contribution >= 0.6 is 11.6 Å². The summed E-state index contributed by atoms with van der Waals surface area (Å²) in [6.45, 7) is 1.93. The maximum atomic E-state index is 14.9. The van der Waals surface area contributed by atoms with Gasteiger partial charge in [0.2, 0.25) is 5.96 Å². The predicted octanol–water partition coefficient (Wildman–Crippen LogP) is 6.34. The number of guanidine groups is 1. The molecule has 38 heavy (non-hydrogen) atoms. The third-order valence-electron chi connectivity index (χ3n) is 6.67. The van der Waals surface area contributed by atoms with Crippen molar-refractivity contribution < 1.29 is 27.5 Å². The second-order valence-corrected chi connectivity index (χ2v) is 9.51. The van der Waals surface area contributed by atoms with Crippen molar-refractivity contribution >= 4 is 40.6 Å². The van der Waals surface area contributed by atoms with E-state index in [-0.39, 0.29) is 17.3 Å². The van der Waals surface area contributed by atoms with Gasteiger partial charge in [-0.3, -0.25) is 4.79 Å². The highest BCUT2D eigenvalue weighted by Gasteiger charge is 2.39. The van der Waals surface area contributed by atoms with E-state index < -0.39 is 36.0 Å². The fraction of sp³-hybridized carbons (Fsp3) is 0.259. The molecule has 0 aromatic heterocycles. The second kappa shape index (κ2) is 10.2. The van der Waals surface area contributed by atoms with E-state index in [0.717, 1.165) is 17.8 Å². The number of para-hydroxylation sites is 1. The fourth-order valence-electron chi connectivity index (χ4n) is 4.91. The Kier molecular flexibility index (Phi) is 6.92. The summed E-state index contributed by atoms with van der Waals surface area (Å²) < 4.78 is 55.7. The molecule has 3 aromatic rings. The zero-order valence-corrected chi connectivity index (χ0v) is 20.8. The molecule has 2 heterocycles. The number of halogens is 5. The van der Waals surface area contributed by atoms with Crippen molar-refractivity contribution in [3.63, 3.8) is 0 Å². The van der Waals surface area contributed by atoms with E-state index in [4.69, 9.17) is 11.6 Å². The number of aliphatic imine (C=N–C) groups is 1. The second-order valence-electron chi connectivity index (χ2n) is 9.08. The Bertz CT molecular complexity index is 1390. The number of anilines is 2. The molecule has 3 aromatic carbocycles. The van der Waals surface area contributed by atoms with Crippen LogP contribution in [0, 0.1) is 5.82 Å². The number of carbonyl (C=O) groups is 1. The Morgan fingerprint density at radius 3 is 2.29 bits per heavy atom. The Labute approximate surface area is 221 Å². The predicted molar refractivity (Wildman–Crippen MR) is 138 cm³/mol. The van der Waals surface area contributed by atoms with Gasteiger partial charge >= 0.3 is 12.1 Å². The van der Waals surface area contributed by atoms with Crippen molar-refractivity contribution in [2.75, 3.05) is 36.0 Å². The van der Waals surface area contributed by atoms with Gasteiger partial charge in [0.15, 0.2) is 0 Å². The zero-order valence-electron chi connectivity index (χ0n) is 20.0. The van der Waals surface area contributed by atoms with Crippen LogP contribution in [0.5, 0.6) is 0 Å². The molecular weight excluding hydrogens is 524 g/mol. The lowest BCUT2D eigenvalue weighted by atomic mass is 9.97. The van der Waals surface area contributed by atoms with Crippen LogP contribution in [0.25, 0.3) is 0 Å². The van der Waals surface area contributed by atoms with Gasteiger partial charge in [-0.1, -0.05) is 35.9 Å². The molecule has 2 aliphatic rings. The first kappa shape index (κ1) is 25.8. The molecule has 5 rings (SSSR count). The highest BCUT2D eigenvalue weighted by atomic mass is 35.5. The number of hydrogen-bond donors (Lipinski definition) is 1. The first-order chi connectivity index (χ1) is 18.1. The van der Waals surface area contributed by atoms with E-state index in [1.54, 1.807) is 12.1 Å². The number of piperazine rings is 1. The van der Waals surface area contributed by atoms with E-state index in [2.05, 4.69) is 9.89 Å². The minimum absolute atomic E-state index is 0.00533. The number of carboxylic acid groups (broad SMARTS) is 1. The molecule has 0 bridgehead atoms. The average molecular weight is 547 g/mol. The summed E-state index contributed by atoms with van der Waals surface area (Å²) >= 11 is 6.14. The van der Waals surface area contributed by atoms with Crippen LogP contribution in [0.4, 0.5) is 34.6 Å². The quantitative estimate of drug-likeness (QED) is 0.387. The van der Waals surface area contributed by atoms with Crippen LogP contribution in [0.1, 0.15) is 23.6 Å². The summed E-state index contributed by atoms with van der Waals surface area (Å²) in [5.41, 5.74) is 0.467. The van der Waals surface area contributed by atoms with Crippen molar-refractivity contribution in [3.8, 4) is 0 Å². The van der Waals surface area contributed by atoms with Gasteiger partial charge in [0.05, 0.1) is 18.0 Å². The Morgan fingerprint density at radius 2 is 1.61 bits per heavy atom. The molecule has 0 spiro atoms. The monoisotopic (exact) mass is 546 g/mol. The highest BCUT2D eigenvalue weighted by molar-refractivity contribution is 6.30. The standard InChI is InChI=1S/C27H23ClF4N4O2/c28-18-5-2-6-19(15-18)34-10-12-35(13-11-34)26-33-25-21(8-3-9-22(25)29)23(16-24(37)38)36(26)20-7-1-4-17(14-20)27(30,31)32/h1-9,14-15,23H,10-13,16H2,(H,37,38). The van der Waals surface area contributed by atoms with Crippen LogP contribution in [-0.2, 0) is 11.0 Å². The van der Waals surface area contributed by atoms with Crippen molar-refractivity contribution in [2.45, 2.75) is 18.6 Å². The van der Waals surface area contributed by atoms with Gasteiger partial charge < -0.3 is 19.8 Å². The molecule has 1 saturated heterocycles. The molecule has 0 amide bonds. The minimum atomic E-state index is -4.60. The van der Waals surface area contributed by atoms with Crippen molar-refractivity contribution in [2.24, 2.45) is 4.99 Å². The maximum Gasteiger partial charge on any atom is 0.416 e. The number of aliphatic carboxylic acids is 1. The van der Waals surface area contributed by atoms with Crippen LogP contribution in [0.2, 0.25) is 5.02 Å². The number of nitrogens with zero attached hydrogens (tertiary/aromatic N) is 4. The number of alkyl halides is 3. The molecule has 0 saturated carbocycles. The molecule has 198 valence electrons. The minimum Gasteiger partial charge on any atom is -0.481 e. The molecule has 1 atom stereocenters. The number of fused-ring (bicyclic) bond motifs is 1. The molecule has 1 N–H and O–H groups in total. The highest BCUT2D eigenvalue weighted by Crippen LogP contribution is 2.43.